The SMILES string of the molecule is CN(Cc1ccc(Cl)cc1F)C1CCCNC1. The molecular weight excluding hydrogens is 239 g/mol. The number of hydrogen-bond acceptors (Lipinski definition) is 2. The molecular formula is C13H18ClFN2. The molecule has 2 rings (SSSR count). The topological polar surface area (TPSA) is 15.3 Å². The highest BCUT2D eigenvalue weighted by atomic mass is 35.5. The second-order valence-electron chi connectivity index (χ2n) is 4.65. The van der Waals surface area contributed by atoms with Crippen LogP contribution in [-0.2, 0) is 6.54 Å². The van der Waals surface area contributed by atoms with Gasteiger partial charge >= 0.3 is 0 Å². The van der Waals surface area contributed by atoms with Gasteiger partial charge in [0, 0.05) is 29.7 Å². The molecule has 2 nitrogen and oxygen atoms in total. The summed E-state index contributed by atoms with van der Waals surface area (Å²) >= 11 is 5.74. The van der Waals surface area contributed by atoms with E-state index in [4.69, 9.17) is 11.6 Å². The van der Waals surface area contributed by atoms with Gasteiger partial charge in [-0.15, -0.1) is 0 Å². The Kier molecular flexibility index (Phi) is 4.37. The van der Waals surface area contributed by atoms with Gasteiger partial charge in [0.2, 0.25) is 0 Å². The first-order chi connectivity index (χ1) is 8.16. The molecule has 1 heterocycles. The van der Waals surface area contributed by atoms with E-state index in [1.54, 1.807) is 12.1 Å². The van der Waals surface area contributed by atoms with Crippen LogP contribution in [0, 0.1) is 5.82 Å². The Morgan fingerprint density at radius 2 is 2.35 bits per heavy atom. The molecule has 1 aliphatic heterocycles. The van der Waals surface area contributed by atoms with E-state index >= 15 is 0 Å². The summed E-state index contributed by atoms with van der Waals surface area (Å²) in [5, 5.41) is 3.82. The predicted octanol–water partition coefficient (Wildman–Crippen LogP) is 2.66. The van der Waals surface area contributed by atoms with Crippen molar-refractivity contribution in [1.82, 2.24) is 10.2 Å². The fraction of sp³-hybridized carbons (Fsp3) is 0.538. The number of piperidine rings is 1. The van der Waals surface area contributed by atoms with E-state index in [0.717, 1.165) is 13.1 Å². The molecule has 0 aliphatic carbocycles. The van der Waals surface area contributed by atoms with Gasteiger partial charge in [0.1, 0.15) is 5.82 Å². The van der Waals surface area contributed by atoms with Crippen molar-refractivity contribution >= 4 is 11.6 Å². The lowest BCUT2D eigenvalue weighted by atomic mass is 10.1. The minimum absolute atomic E-state index is 0.215. The number of likely N-dealkylation sites (N-methyl/N-ethyl adjacent to an activating group) is 1. The van der Waals surface area contributed by atoms with Crippen LogP contribution in [0.25, 0.3) is 0 Å². The molecule has 1 aromatic carbocycles. The molecule has 1 aromatic rings. The molecule has 0 spiro atoms. The van der Waals surface area contributed by atoms with Gasteiger partial charge in [-0.2, -0.15) is 0 Å². The van der Waals surface area contributed by atoms with Crippen molar-refractivity contribution in [2.24, 2.45) is 0 Å². The fourth-order valence-electron chi connectivity index (χ4n) is 2.26. The number of nitrogens with zero attached hydrogens (tertiary/aromatic N) is 1. The lowest BCUT2D eigenvalue weighted by molar-refractivity contribution is 0.194. The largest absolute Gasteiger partial charge is 0.315 e. The molecule has 17 heavy (non-hydrogen) atoms. The maximum atomic E-state index is 13.7. The first-order valence-electron chi connectivity index (χ1n) is 6.01. The van der Waals surface area contributed by atoms with Crippen LogP contribution >= 0.6 is 11.6 Å². The molecule has 4 heteroatoms. The van der Waals surface area contributed by atoms with Gasteiger partial charge in [-0.05, 0) is 38.6 Å². The average molecular weight is 257 g/mol. The van der Waals surface area contributed by atoms with E-state index in [0.29, 0.717) is 23.2 Å². The lowest BCUT2D eigenvalue weighted by Crippen LogP contribution is -2.43. The van der Waals surface area contributed by atoms with Crippen LogP contribution in [-0.4, -0.2) is 31.1 Å². The number of halogens is 2. The molecule has 1 unspecified atom stereocenters. The minimum Gasteiger partial charge on any atom is -0.315 e. The number of rotatable bonds is 3. The summed E-state index contributed by atoms with van der Waals surface area (Å²) in [4.78, 5) is 2.21. The highest BCUT2D eigenvalue weighted by molar-refractivity contribution is 6.30. The predicted molar refractivity (Wildman–Crippen MR) is 68.8 cm³/mol. The maximum absolute atomic E-state index is 13.7. The van der Waals surface area contributed by atoms with Gasteiger partial charge in [0.25, 0.3) is 0 Å². The van der Waals surface area contributed by atoms with Crippen molar-refractivity contribution in [2.45, 2.75) is 25.4 Å². The van der Waals surface area contributed by atoms with E-state index in [9.17, 15) is 4.39 Å². The molecule has 1 N–H and O–H groups in total. The fourth-order valence-corrected chi connectivity index (χ4v) is 2.42. The third kappa shape index (κ3) is 3.41. The Labute approximate surface area is 107 Å². The van der Waals surface area contributed by atoms with Crippen molar-refractivity contribution in [2.75, 3.05) is 20.1 Å². The first kappa shape index (κ1) is 12.8. The normalized spacial score (nSPS) is 20.8. The lowest BCUT2D eigenvalue weighted by Gasteiger charge is -2.31. The van der Waals surface area contributed by atoms with Crippen molar-refractivity contribution in [3.05, 3.63) is 34.6 Å². The van der Waals surface area contributed by atoms with Crippen LogP contribution in [0.15, 0.2) is 18.2 Å². The van der Waals surface area contributed by atoms with Gasteiger partial charge < -0.3 is 5.32 Å². The summed E-state index contributed by atoms with van der Waals surface area (Å²) in [5.74, 6) is -0.215. The maximum Gasteiger partial charge on any atom is 0.129 e. The molecule has 0 saturated carbocycles. The van der Waals surface area contributed by atoms with Crippen molar-refractivity contribution in [3.8, 4) is 0 Å². The van der Waals surface area contributed by atoms with Crippen LogP contribution in [0.5, 0.6) is 0 Å². The van der Waals surface area contributed by atoms with Crippen molar-refractivity contribution < 1.29 is 4.39 Å². The van der Waals surface area contributed by atoms with Crippen LogP contribution < -0.4 is 5.32 Å². The summed E-state index contributed by atoms with van der Waals surface area (Å²) in [5.41, 5.74) is 0.711. The zero-order valence-electron chi connectivity index (χ0n) is 10.0. The summed E-state index contributed by atoms with van der Waals surface area (Å²) in [6.07, 6.45) is 2.37. The van der Waals surface area contributed by atoms with E-state index in [-0.39, 0.29) is 5.82 Å². The monoisotopic (exact) mass is 256 g/mol. The zero-order valence-corrected chi connectivity index (χ0v) is 10.8. The highest BCUT2D eigenvalue weighted by Crippen LogP contribution is 2.18. The Morgan fingerprint density at radius 1 is 1.53 bits per heavy atom. The van der Waals surface area contributed by atoms with Crippen LogP contribution in [0.4, 0.5) is 4.39 Å². The van der Waals surface area contributed by atoms with E-state index in [1.165, 1.54) is 18.9 Å². The average Bonchev–Trinajstić information content (AvgIpc) is 2.34. The number of nitrogens with one attached hydrogen (secondary N) is 1. The van der Waals surface area contributed by atoms with Crippen LogP contribution in [0.3, 0.4) is 0 Å². The summed E-state index contributed by atoms with van der Waals surface area (Å²) < 4.78 is 13.7. The molecule has 0 bridgehead atoms. The van der Waals surface area contributed by atoms with Gasteiger partial charge in [-0.1, -0.05) is 17.7 Å². The van der Waals surface area contributed by atoms with Crippen molar-refractivity contribution in [1.29, 1.82) is 0 Å². The van der Waals surface area contributed by atoms with Gasteiger partial charge in [-0.3, -0.25) is 4.90 Å². The number of hydrogen-bond donors (Lipinski definition) is 1. The molecule has 0 radical (unpaired) electrons. The van der Waals surface area contributed by atoms with Gasteiger partial charge in [0.15, 0.2) is 0 Å². The third-order valence-electron chi connectivity index (χ3n) is 3.33. The summed E-state index contributed by atoms with van der Waals surface area (Å²) in [7, 11) is 2.05. The highest BCUT2D eigenvalue weighted by Gasteiger charge is 2.18. The zero-order chi connectivity index (χ0) is 12.3. The van der Waals surface area contributed by atoms with Gasteiger partial charge in [-0.25, -0.2) is 4.39 Å². The van der Waals surface area contributed by atoms with Crippen molar-refractivity contribution in [3.63, 3.8) is 0 Å². The molecule has 94 valence electrons. The van der Waals surface area contributed by atoms with E-state index in [1.807, 2.05) is 7.05 Å². The second-order valence-corrected chi connectivity index (χ2v) is 5.09. The Morgan fingerprint density at radius 3 is 3.00 bits per heavy atom. The van der Waals surface area contributed by atoms with Gasteiger partial charge in [0.05, 0.1) is 0 Å². The van der Waals surface area contributed by atoms with Crippen LogP contribution in [0.1, 0.15) is 18.4 Å². The van der Waals surface area contributed by atoms with E-state index < -0.39 is 0 Å². The van der Waals surface area contributed by atoms with Crippen LogP contribution in [0.2, 0.25) is 5.02 Å². The Balaban J connectivity index is 1.99. The molecule has 0 amide bonds. The third-order valence-corrected chi connectivity index (χ3v) is 3.56. The number of benzene rings is 1. The summed E-state index contributed by atoms with van der Waals surface area (Å²) in [6, 6.07) is 5.39. The molecule has 1 saturated heterocycles. The second kappa shape index (κ2) is 5.80. The molecule has 1 atom stereocenters. The quantitative estimate of drug-likeness (QED) is 0.895. The Hall–Kier alpha value is -0.640. The first-order valence-corrected chi connectivity index (χ1v) is 6.39. The molecule has 0 aromatic heterocycles. The summed E-state index contributed by atoms with van der Waals surface area (Å²) in [6.45, 7) is 2.72. The molecule has 1 fully saturated rings. The van der Waals surface area contributed by atoms with E-state index in [2.05, 4.69) is 10.2 Å². The molecule has 1 aliphatic rings. The Bertz CT molecular complexity index is 378. The minimum atomic E-state index is -0.215. The smallest absolute Gasteiger partial charge is 0.129 e. The standard InChI is InChI=1S/C13H18ClFN2/c1-17(12-3-2-6-16-8-12)9-10-4-5-11(14)7-13(10)15/h4-5,7,12,16H,2-3,6,8-9H2,1H3.